The van der Waals surface area contributed by atoms with Crippen LogP contribution in [-0.4, -0.2) is 84.3 Å². The number of rotatable bonds is 15. The number of aryl methyl sites for hydroxylation is 1. The number of benzene rings is 4. The minimum absolute atomic E-state index is 0.0656. The number of nitrogens with zero attached hydrogens (tertiary/aromatic N) is 4. The molecule has 0 radical (unpaired) electrons. The number of amides is 2. The lowest BCUT2D eigenvalue weighted by Gasteiger charge is -2.32. The van der Waals surface area contributed by atoms with Gasteiger partial charge in [0, 0.05) is 43.9 Å². The van der Waals surface area contributed by atoms with Crippen LogP contribution >= 0.6 is 0 Å². The van der Waals surface area contributed by atoms with Gasteiger partial charge in [-0.3, -0.25) is 9.59 Å². The van der Waals surface area contributed by atoms with E-state index < -0.39 is 23.3 Å². The van der Waals surface area contributed by atoms with E-state index in [4.69, 9.17) is 9.05 Å². The average Bonchev–Trinajstić information content (AvgIpc) is 4.00. The predicted octanol–water partition coefficient (Wildman–Crippen LogP) is 9.00. The zero-order chi connectivity index (χ0) is 44.0. The molecular weight excluding hydrogens is 813 g/mol. The third kappa shape index (κ3) is 13.2. The lowest BCUT2D eigenvalue weighted by Crippen LogP contribution is -2.39. The average molecular weight is 865 g/mol. The zero-order valence-electron chi connectivity index (χ0n) is 35.1. The molecular formula is C49H52F4N6O4. The molecule has 0 bridgehead atoms. The van der Waals surface area contributed by atoms with Crippen molar-refractivity contribution in [2.24, 2.45) is 11.8 Å². The molecule has 2 amide bonds. The first-order valence-corrected chi connectivity index (χ1v) is 21.6. The summed E-state index contributed by atoms with van der Waals surface area (Å²) in [6, 6.07) is 30.1. The molecule has 2 saturated heterocycles. The van der Waals surface area contributed by atoms with Crippen LogP contribution in [0.4, 0.5) is 17.6 Å². The van der Waals surface area contributed by atoms with Crippen molar-refractivity contribution in [1.29, 1.82) is 0 Å². The molecule has 0 saturated carbocycles. The molecule has 2 aliphatic rings. The van der Waals surface area contributed by atoms with E-state index >= 15 is 0 Å². The Morgan fingerprint density at radius 1 is 0.556 bits per heavy atom. The van der Waals surface area contributed by atoms with Crippen molar-refractivity contribution in [3.8, 4) is 22.6 Å². The largest absolute Gasteiger partial charge is 0.355 e. The Morgan fingerprint density at radius 2 is 0.984 bits per heavy atom. The van der Waals surface area contributed by atoms with E-state index in [0.29, 0.717) is 24.9 Å². The second-order valence-corrected chi connectivity index (χ2v) is 16.2. The molecule has 4 aromatic carbocycles. The van der Waals surface area contributed by atoms with Crippen molar-refractivity contribution < 1.29 is 36.2 Å². The normalized spacial score (nSPS) is 15.1. The second kappa shape index (κ2) is 22.3. The predicted molar refractivity (Wildman–Crippen MR) is 232 cm³/mol. The van der Waals surface area contributed by atoms with Gasteiger partial charge in [-0.05, 0) is 125 Å². The van der Waals surface area contributed by atoms with Crippen LogP contribution in [0.2, 0.25) is 0 Å². The van der Waals surface area contributed by atoms with Gasteiger partial charge >= 0.3 is 0 Å². The number of likely N-dealkylation sites (tertiary alicyclic amines) is 2. The van der Waals surface area contributed by atoms with Crippen molar-refractivity contribution >= 4 is 11.8 Å². The topological polar surface area (TPSA) is 117 Å². The van der Waals surface area contributed by atoms with Crippen LogP contribution in [-0.2, 0) is 12.8 Å². The van der Waals surface area contributed by atoms with Crippen LogP contribution in [0.25, 0.3) is 22.6 Å². The van der Waals surface area contributed by atoms with Crippen LogP contribution in [0.5, 0.6) is 0 Å². The molecule has 0 unspecified atom stereocenters. The lowest BCUT2D eigenvalue weighted by atomic mass is 9.96. The lowest BCUT2D eigenvalue weighted by molar-refractivity contribution is 0.0919. The summed E-state index contributed by atoms with van der Waals surface area (Å²) in [5, 5.41) is 13.3. The minimum Gasteiger partial charge on any atom is -0.355 e. The van der Waals surface area contributed by atoms with Gasteiger partial charge in [-0.15, -0.1) is 0 Å². The van der Waals surface area contributed by atoms with E-state index in [1.54, 1.807) is 0 Å². The minimum atomic E-state index is -0.762. The van der Waals surface area contributed by atoms with Gasteiger partial charge in [-0.1, -0.05) is 71.0 Å². The van der Waals surface area contributed by atoms with Crippen molar-refractivity contribution in [2.75, 3.05) is 52.4 Å². The van der Waals surface area contributed by atoms with Gasteiger partial charge in [0.2, 0.25) is 0 Å². The van der Waals surface area contributed by atoms with Crippen molar-refractivity contribution in [3.05, 3.63) is 155 Å². The van der Waals surface area contributed by atoms with E-state index in [2.05, 4.69) is 79.3 Å². The maximum absolute atomic E-state index is 13.9. The molecule has 0 aliphatic carbocycles. The van der Waals surface area contributed by atoms with E-state index in [9.17, 15) is 27.2 Å². The smallest absolute Gasteiger partial charge is 0.273 e. The van der Waals surface area contributed by atoms with Gasteiger partial charge in [-0.2, -0.15) is 0 Å². The third-order valence-electron chi connectivity index (χ3n) is 11.7. The summed E-state index contributed by atoms with van der Waals surface area (Å²) in [7, 11) is 0. The van der Waals surface area contributed by atoms with Crippen LogP contribution in [0, 0.1) is 35.1 Å². The molecule has 10 nitrogen and oxygen atoms in total. The molecule has 14 heteroatoms. The number of piperidine rings is 2. The van der Waals surface area contributed by atoms with Gasteiger partial charge in [0.1, 0.15) is 23.3 Å². The van der Waals surface area contributed by atoms with Gasteiger partial charge < -0.3 is 29.5 Å². The number of hydrogen-bond acceptors (Lipinski definition) is 8. The molecule has 6 aromatic rings. The molecule has 8 rings (SSSR count). The summed E-state index contributed by atoms with van der Waals surface area (Å²) in [5.74, 6) is -2.56. The van der Waals surface area contributed by atoms with Crippen LogP contribution in [0.15, 0.2) is 118 Å². The molecule has 4 heterocycles. The number of halogens is 4. The van der Waals surface area contributed by atoms with E-state index in [-0.39, 0.29) is 45.8 Å². The first-order valence-electron chi connectivity index (χ1n) is 21.6. The van der Waals surface area contributed by atoms with Crippen molar-refractivity contribution in [2.45, 2.75) is 44.9 Å². The van der Waals surface area contributed by atoms with E-state index in [1.165, 1.54) is 35.4 Å². The van der Waals surface area contributed by atoms with Crippen molar-refractivity contribution in [3.63, 3.8) is 0 Å². The molecule has 2 fully saturated rings. The van der Waals surface area contributed by atoms with Gasteiger partial charge in [-0.25, -0.2) is 17.6 Å². The van der Waals surface area contributed by atoms with Gasteiger partial charge in [0.25, 0.3) is 11.8 Å². The quantitative estimate of drug-likeness (QED) is 0.0984. The summed E-state index contributed by atoms with van der Waals surface area (Å²) in [4.78, 5) is 29.8. The Bertz CT molecular complexity index is 2380. The maximum Gasteiger partial charge on any atom is 0.273 e. The Balaban J connectivity index is 0.000000189. The first kappa shape index (κ1) is 44.9. The highest BCUT2D eigenvalue weighted by Gasteiger charge is 2.23. The van der Waals surface area contributed by atoms with Crippen LogP contribution < -0.4 is 10.6 Å². The van der Waals surface area contributed by atoms with Crippen molar-refractivity contribution in [1.82, 2.24) is 30.7 Å². The van der Waals surface area contributed by atoms with E-state index in [0.717, 1.165) is 108 Å². The standard InChI is InChI=1S/C25H27F2N3O2.C24H25F2N3O2/c26-20-8-9-21(22(27)15-20)24-16-23(29-32-24)25(31)28-17-19-10-13-30(14-11-19)12-4-7-18-5-2-1-3-6-18;25-19-6-7-20(21(26)14-19)23-15-22(28-31-23)24(30)27-16-18-9-12-29(13-10-18)11-8-17-4-2-1-3-5-17/h1-3,5-6,8-9,15-16,19H,4,7,10-14,17H2,(H,28,31);1-7,14-15,18H,8-13,16H2,(H,27,30). The maximum atomic E-state index is 13.9. The fraction of sp³-hybridized carbons (Fsp3) is 0.347. The second-order valence-electron chi connectivity index (χ2n) is 16.2. The summed E-state index contributed by atoms with van der Waals surface area (Å²) in [5.41, 5.74) is 3.03. The molecule has 2 aliphatic heterocycles. The first-order chi connectivity index (χ1) is 30.7. The fourth-order valence-electron chi connectivity index (χ4n) is 7.96. The molecule has 2 aromatic heterocycles. The molecule has 330 valence electrons. The van der Waals surface area contributed by atoms with E-state index in [1.807, 2.05) is 12.1 Å². The molecule has 0 atom stereocenters. The SMILES string of the molecule is O=C(NCC1CCN(CCCc2ccccc2)CC1)c1cc(-c2ccc(F)cc2F)on1.O=C(NCC1CCN(CCc2ccccc2)CC1)c1cc(-c2ccc(F)cc2F)on1. The molecule has 63 heavy (non-hydrogen) atoms. The molecule has 2 N–H and O–H groups in total. The monoisotopic (exact) mass is 864 g/mol. The Labute approximate surface area is 364 Å². The Morgan fingerprint density at radius 3 is 1.43 bits per heavy atom. The summed E-state index contributed by atoms with van der Waals surface area (Å²) >= 11 is 0. The third-order valence-corrected chi connectivity index (χ3v) is 11.7. The highest BCUT2D eigenvalue weighted by molar-refractivity contribution is 5.93. The number of nitrogens with one attached hydrogen (secondary N) is 2. The summed E-state index contributed by atoms with van der Waals surface area (Å²) in [6.07, 6.45) is 7.42. The van der Waals surface area contributed by atoms with Crippen LogP contribution in [0.1, 0.15) is 64.2 Å². The highest BCUT2D eigenvalue weighted by Crippen LogP contribution is 2.26. The zero-order valence-corrected chi connectivity index (χ0v) is 35.1. The highest BCUT2D eigenvalue weighted by atomic mass is 19.1. The van der Waals surface area contributed by atoms with Gasteiger partial charge in [0.05, 0.1) is 11.1 Å². The molecule has 0 spiro atoms. The summed E-state index contributed by atoms with van der Waals surface area (Å²) < 4.78 is 64.1. The number of hydrogen-bond donors (Lipinski definition) is 2. The Hall–Kier alpha value is -6.12. The van der Waals surface area contributed by atoms with Gasteiger partial charge in [0.15, 0.2) is 22.9 Å². The number of carbonyl (C=O) groups is 2. The fourth-order valence-corrected chi connectivity index (χ4v) is 7.96. The Kier molecular flexibility index (Phi) is 15.9. The van der Waals surface area contributed by atoms with Crippen LogP contribution in [0.3, 0.4) is 0 Å². The summed E-state index contributed by atoms with van der Waals surface area (Å²) in [6.45, 7) is 7.39. The number of carbonyl (C=O) groups excluding carboxylic acids is 2. The number of aromatic nitrogens is 2.